The van der Waals surface area contributed by atoms with Crippen LogP contribution in [0.5, 0.6) is 0 Å². The van der Waals surface area contributed by atoms with Gasteiger partial charge in [-0.3, -0.25) is 0 Å². The Morgan fingerprint density at radius 3 is 2.32 bits per heavy atom. The molecule has 0 fully saturated rings. The summed E-state index contributed by atoms with van der Waals surface area (Å²) in [7, 11) is 0. The molecule has 2 nitrogen and oxygen atoms in total. The topological polar surface area (TPSA) is 16.8 Å². The normalized spacial score (nSPS) is 10.9. The van der Waals surface area contributed by atoms with Crippen molar-refractivity contribution in [2.75, 3.05) is 0 Å². The van der Waals surface area contributed by atoms with Gasteiger partial charge >= 0.3 is 0 Å². The molecule has 106 valence electrons. The van der Waals surface area contributed by atoms with Gasteiger partial charge in [0.05, 0.1) is 10.2 Å². The van der Waals surface area contributed by atoms with E-state index in [-0.39, 0.29) is 0 Å². The van der Waals surface area contributed by atoms with Gasteiger partial charge in [0.1, 0.15) is 5.01 Å². The van der Waals surface area contributed by atoms with Crippen molar-refractivity contribution in [1.82, 2.24) is 4.98 Å². The van der Waals surface area contributed by atoms with E-state index < -0.39 is 0 Å². The van der Waals surface area contributed by atoms with Crippen LogP contribution >= 0.6 is 11.3 Å². The van der Waals surface area contributed by atoms with Gasteiger partial charge in [-0.15, -0.1) is 11.3 Å². The first-order valence-electron chi connectivity index (χ1n) is 7.27. The molecule has 0 aliphatic rings. The van der Waals surface area contributed by atoms with Gasteiger partial charge in [-0.2, -0.15) is 0 Å². The maximum absolute atomic E-state index is 4.71. The fraction of sp³-hybridized carbons (Fsp3) is 0.0526. The second-order valence-corrected chi connectivity index (χ2v) is 6.26. The SMILES string of the molecule is c1ccc(C[n+]2ccc(-c3nc4ccccc4s3)cc2)cc1. The molecule has 0 N–H and O–H groups in total. The third-order valence-electron chi connectivity index (χ3n) is 3.64. The number of thiazole rings is 1. The maximum atomic E-state index is 4.71. The lowest BCUT2D eigenvalue weighted by Crippen LogP contribution is -2.32. The maximum Gasteiger partial charge on any atom is 0.173 e. The second-order valence-electron chi connectivity index (χ2n) is 5.23. The number of aromatic nitrogens is 2. The molecule has 3 heteroatoms. The molecule has 22 heavy (non-hydrogen) atoms. The van der Waals surface area contributed by atoms with Crippen molar-refractivity contribution in [2.45, 2.75) is 6.54 Å². The predicted molar refractivity (Wildman–Crippen MR) is 90.8 cm³/mol. The highest BCUT2D eigenvalue weighted by Gasteiger charge is 2.08. The van der Waals surface area contributed by atoms with E-state index in [9.17, 15) is 0 Å². The number of para-hydroxylation sites is 1. The van der Waals surface area contributed by atoms with Gasteiger partial charge in [0.15, 0.2) is 18.9 Å². The molecular weight excluding hydrogens is 288 g/mol. The summed E-state index contributed by atoms with van der Waals surface area (Å²) >= 11 is 1.74. The average molecular weight is 303 g/mol. The van der Waals surface area contributed by atoms with Crippen molar-refractivity contribution in [2.24, 2.45) is 0 Å². The van der Waals surface area contributed by atoms with Crippen LogP contribution in [0.2, 0.25) is 0 Å². The van der Waals surface area contributed by atoms with Crippen LogP contribution < -0.4 is 4.57 Å². The first kappa shape index (κ1) is 13.2. The summed E-state index contributed by atoms with van der Waals surface area (Å²) in [5.74, 6) is 0. The highest BCUT2D eigenvalue weighted by Crippen LogP contribution is 2.29. The van der Waals surface area contributed by atoms with Gasteiger partial charge in [-0.1, -0.05) is 42.5 Å². The van der Waals surface area contributed by atoms with Gasteiger partial charge in [-0.05, 0) is 12.1 Å². The summed E-state index contributed by atoms with van der Waals surface area (Å²) in [6.07, 6.45) is 4.24. The predicted octanol–water partition coefficient (Wildman–Crippen LogP) is 4.30. The minimum Gasteiger partial charge on any atom is -0.236 e. The summed E-state index contributed by atoms with van der Waals surface area (Å²) < 4.78 is 3.42. The number of hydrogen-bond donors (Lipinski definition) is 0. The van der Waals surface area contributed by atoms with Crippen molar-refractivity contribution in [3.05, 3.63) is 84.7 Å². The van der Waals surface area contributed by atoms with Crippen molar-refractivity contribution >= 4 is 21.6 Å². The van der Waals surface area contributed by atoms with Crippen LogP contribution in [0.25, 0.3) is 20.8 Å². The lowest BCUT2D eigenvalue weighted by atomic mass is 10.2. The summed E-state index contributed by atoms with van der Waals surface area (Å²) in [6.45, 7) is 0.890. The molecule has 2 heterocycles. The number of benzene rings is 2. The summed E-state index contributed by atoms with van der Waals surface area (Å²) in [5, 5.41) is 1.08. The first-order valence-corrected chi connectivity index (χ1v) is 8.09. The summed E-state index contributed by atoms with van der Waals surface area (Å²) in [6, 6.07) is 23.0. The Morgan fingerprint density at radius 1 is 0.818 bits per heavy atom. The van der Waals surface area contributed by atoms with Crippen LogP contribution in [0.15, 0.2) is 79.1 Å². The summed E-state index contributed by atoms with van der Waals surface area (Å²) in [4.78, 5) is 4.71. The van der Waals surface area contributed by atoms with Crippen LogP contribution in [0, 0.1) is 0 Å². The Morgan fingerprint density at radius 2 is 1.55 bits per heavy atom. The monoisotopic (exact) mass is 303 g/mol. The molecule has 0 amide bonds. The number of nitrogens with zero attached hydrogens (tertiary/aromatic N) is 2. The molecule has 0 bridgehead atoms. The molecule has 0 atom stereocenters. The van der Waals surface area contributed by atoms with Crippen LogP contribution in [0.4, 0.5) is 0 Å². The molecule has 0 radical (unpaired) electrons. The molecule has 0 unspecified atom stereocenters. The zero-order valence-electron chi connectivity index (χ0n) is 12.0. The molecule has 0 aliphatic carbocycles. The quantitative estimate of drug-likeness (QED) is 0.516. The Labute approximate surface area is 133 Å². The molecule has 0 saturated heterocycles. The molecule has 2 aromatic heterocycles. The molecule has 4 rings (SSSR count). The van der Waals surface area contributed by atoms with E-state index >= 15 is 0 Å². The van der Waals surface area contributed by atoms with Crippen LogP contribution in [0.1, 0.15) is 5.56 Å². The lowest BCUT2D eigenvalue weighted by molar-refractivity contribution is -0.688. The number of pyridine rings is 1. The third-order valence-corrected chi connectivity index (χ3v) is 4.73. The van der Waals surface area contributed by atoms with E-state index in [1.54, 1.807) is 11.3 Å². The first-order chi connectivity index (χ1) is 10.9. The third kappa shape index (κ3) is 2.63. The Bertz CT molecular complexity index is 863. The standard InChI is InChI=1S/C19H15N2S/c1-2-6-15(7-3-1)14-21-12-10-16(11-13-21)19-20-17-8-4-5-9-18(17)22-19/h1-13H,14H2/q+1. The summed E-state index contributed by atoms with van der Waals surface area (Å²) in [5.41, 5.74) is 3.55. The fourth-order valence-corrected chi connectivity index (χ4v) is 3.47. The smallest absolute Gasteiger partial charge is 0.173 e. The second kappa shape index (κ2) is 5.70. The van der Waals surface area contributed by atoms with Crippen molar-refractivity contribution in [1.29, 1.82) is 0 Å². The van der Waals surface area contributed by atoms with Gasteiger partial charge in [0.25, 0.3) is 0 Å². The zero-order valence-corrected chi connectivity index (χ0v) is 12.8. The Kier molecular flexibility index (Phi) is 3.41. The zero-order chi connectivity index (χ0) is 14.8. The van der Waals surface area contributed by atoms with E-state index in [0.717, 1.165) is 17.1 Å². The number of fused-ring (bicyclic) bond motifs is 1. The molecule has 0 spiro atoms. The van der Waals surface area contributed by atoms with Gasteiger partial charge < -0.3 is 0 Å². The molecule has 2 aromatic carbocycles. The van der Waals surface area contributed by atoms with E-state index in [2.05, 4.69) is 71.6 Å². The van der Waals surface area contributed by atoms with Crippen LogP contribution in [-0.4, -0.2) is 4.98 Å². The molecular formula is C19H15N2S+. The van der Waals surface area contributed by atoms with Crippen LogP contribution in [0.3, 0.4) is 0 Å². The van der Waals surface area contributed by atoms with Gasteiger partial charge in [-0.25, -0.2) is 9.55 Å². The van der Waals surface area contributed by atoms with Gasteiger partial charge in [0.2, 0.25) is 0 Å². The highest BCUT2D eigenvalue weighted by atomic mass is 32.1. The Balaban J connectivity index is 1.61. The minimum atomic E-state index is 0.890. The molecule has 0 aliphatic heterocycles. The van der Waals surface area contributed by atoms with Gasteiger partial charge in [0, 0.05) is 23.3 Å². The van der Waals surface area contributed by atoms with E-state index in [0.29, 0.717) is 0 Å². The number of rotatable bonds is 3. The Hall–Kier alpha value is -2.52. The minimum absolute atomic E-state index is 0.890. The van der Waals surface area contributed by atoms with E-state index in [4.69, 9.17) is 4.98 Å². The number of hydrogen-bond acceptors (Lipinski definition) is 2. The average Bonchev–Trinajstić information content (AvgIpc) is 3.00. The van der Waals surface area contributed by atoms with Crippen LogP contribution in [-0.2, 0) is 6.54 Å². The fourth-order valence-electron chi connectivity index (χ4n) is 2.50. The van der Waals surface area contributed by atoms with Crippen molar-refractivity contribution in [3.63, 3.8) is 0 Å². The highest BCUT2D eigenvalue weighted by molar-refractivity contribution is 7.21. The molecule has 4 aromatic rings. The lowest BCUT2D eigenvalue weighted by Gasteiger charge is -1.98. The molecule has 0 saturated carbocycles. The van der Waals surface area contributed by atoms with Crippen molar-refractivity contribution < 1.29 is 4.57 Å². The van der Waals surface area contributed by atoms with E-state index in [1.165, 1.54) is 15.8 Å². The largest absolute Gasteiger partial charge is 0.236 e. The van der Waals surface area contributed by atoms with E-state index in [1.807, 2.05) is 12.1 Å². The van der Waals surface area contributed by atoms with Crippen molar-refractivity contribution in [3.8, 4) is 10.6 Å².